The molecule has 0 N–H and O–H groups in total. The van der Waals surface area contributed by atoms with Crippen molar-refractivity contribution in [3.8, 4) is 5.75 Å². The number of allylic oxidation sites excluding steroid dienone is 1. The van der Waals surface area contributed by atoms with Crippen molar-refractivity contribution in [2.75, 3.05) is 0 Å². The van der Waals surface area contributed by atoms with E-state index >= 15 is 0 Å². The number of aromatic nitrogens is 1. The third-order valence-electron chi connectivity index (χ3n) is 1.71. The fourth-order valence-corrected chi connectivity index (χ4v) is 1.08. The van der Waals surface area contributed by atoms with Crippen LogP contribution in [0, 0.1) is 0 Å². The fraction of sp³-hybridized carbons (Fsp3) is 0.200. The summed E-state index contributed by atoms with van der Waals surface area (Å²) in [6.45, 7) is 0. The molecule has 0 spiro atoms. The summed E-state index contributed by atoms with van der Waals surface area (Å²) in [7, 11) is 0. The van der Waals surface area contributed by atoms with Gasteiger partial charge < -0.3 is 4.74 Å². The quantitative estimate of drug-likeness (QED) is 0.688. The van der Waals surface area contributed by atoms with Crippen molar-refractivity contribution in [1.82, 2.24) is 4.98 Å². The van der Waals surface area contributed by atoms with E-state index in [0.717, 1.165) is 18.6 Å². The first-order chi connectivity index (χ1) is 6.45. The second-order valence-electron chi connectivity index (χ2n) is 2.72. The van der Waals surface area contributed by atoms with Gasteiger partial charge in [-0.3, -0.25) is 4.98 Å². The Hall–Kier alpha value is -1.64. The first kappa shape index (κ1) is 7.98. The molecule has 3 heteroatoms. The highest BCUT2D eigenvalue weighted by atomic mass is 16.5. The van der Waals surface area contributed by atoms with E-state index in [0.29, 0.717) is 5.88 Å². The molecule has 0 amide bonds. The molecule has 0 unspecified atom stereocenters. The summed E-state index contributed by atoms with van der Waals surface area (Å²) in [5.41, 5.74) is 0. The molecule has 1 aliphatic heterocycles. The molecule has 2 heterocycles. The number of hydrogen-bond acceptors (Lipinski definition) is 3. The molecule has 1 aromatic rings. The van der Waals surface area contributed by atoms with Gasteiger partial charge >= 0.3 is 0 Å². The average molecular weight is 174 g/mol. The normalized spacial score (nSPS) is 15.2. The van der Waals surface area contributed by atoms with Crippen molar-refractivity contribution in [2.24, 2.45) is 4.99 Å². The summed E-state index contributed by atoms with van der Waals surface area (Å²) in [5, 5.41) is 0. The lowest BCUT2D eigenvalue weighted by atomic mass is 10.3. The standard InChI is InChI=1S/C10H10N2O/c1-2-6-12-10(3-1)13-9-4-7-11-8-5-9/h3-8H,1-2H2. The average Bonchev–Trinajstić information content (AvgIpc) is 2.21. The van der Waals surface area contributed by atoms with Crippen LogP contribution in [0.15, 0.2) is 41.5 Å². The number of aliphatic imine (C=N–C) groups is 1. The van der Waals surface area contributed by atoms with Crippen LogP contribution in [0.4, 0.5) is 0 Å². The zero-order valence-corrected chi connectivity index (χ0v) is 7.18. The molecule has 0 atom stereocenters. The van der Waals surface area contributed by atoms with Crippen molar-refractivity contribution in [3.63, 3.8) is 0 Å². The first-order valence-corrected chi connectivity index (χ1v) is 4.26. The van der Waals surface area contributed by atoms with Crippen LogP contribution in [0.2, 0.25) is 0 Å². The first-order valence-electron chi connectivity index (χ1n) is 4.26. The predicted octanol–water partition coefficient (Wildman–Crippen LogP) is 2.17. The van der Waals surface area contributed by atoms with E-state index in [-0.39, 0.29) is 0 Å². The van der Waals surface area contributed by atoms with E-state index in [4.69, 9.17) is 4.74 Å². The van der Waals surface area contributed by atoms with Gasteiger partial charge in [-0.15, -0.1) is 0 Å². The van der Waals surface area contributed by atoms with E-state index in [2.05, 4.69) is 9.98 Å². The van der Waals surface area contributed by atoms with Gasteiger partial charge in [0.1, 0.15) is 5.75 Å². The van der Waals surface area contributed by atoms with Gasteiger partial charge in [-0.2, -0.15) is 0 Å². The minimum absolute atomic E-state index is 0.678. The summed E-state index contributed by atoms with van der Waals surface area (Å²) in [5.74, 6) is 1.46. The Morgan fingerprint density at radius 1 is 1.15 bits per heavy atom. The Morgan fingerprint density at radius 3 is 2.69 bits per heavy atom. The van der Waals surface area contributed by atoms with Gasteiger partial charge in [0.05, 0.1) is 0 Å². The lowest BCUT2D eigenvalue weighted by Crippen LogP contribution is -1.96. The van der Waals surface area contributed by atoms with Crippen LogP contribution in [0.25, 0.3) is 0 Å². The fourth-order valence-electron chi connectivity index (χ4n) is 1.08. The molecular formula is C10H10N2O. The molecule has 66 valence electrons. The van der Waals surface area contributed by atoms with Gasteiger partial charge in [-0.05, 0) is 31.1 Å². The van der Waals surface area contributed by atoms with Crippen molar-refractivity contribution in [3.05, 3.63) is 36.5 Å². The molecule has 0 saturated heterocycles. The van der Waals surface area contributed by atoms with Gasteiger partial charge in [0.2, 0.25) is 5.88 Å². The van der Waals surface area contributed by atoms with Gasteiger partial charge in [-0.25, -0.2) is 4.99 Å². The SMILES string of the molecule is C1=NC(Oc2ccncc2)=CCC1. The largest absolute Gasteiger partial charge is 0.439 e. The number of pyridine rings is 1. The zero-order valence-electron chi connectivity index (χ0n) is 7.18. The van der Waals surface area contributed by atoms with E-state index in [1.54, 1.807) is 12.4 Å². The predicted molar refractivity (Wildman–Crippen MR) is 50.7 cm³/mol. The van der Waals surface area contributed by atoms with Gasteiger partial charge in [0.15, 0.2) is 0 Å². The number of ether oxygens (including phenoxy) is 1. The molecule has 0 radical (unpaired) electrons. The highest BCUT2D eigenvalue weighted by molar-refractivity contribution is 5.60. The summed E-state index contributed by atoms with van der Waals surface area (Å²) >= 11 is 0. The maximum atomic E-state index is 5.48. The van der Waals surface area contributed by atoms with E-state index in [1.165, 1.54) is 0 Å². The van der Waals surface area contributed by atoms with Gasteiger partial charge in [0.25, 0.3) is 0 Å². The molecular weight excluding hydrogens is 164 g/mol. The minimum atomic E-state index is 0.678. The lowest BCUT2D eigenvalue weighted by Gasteiger charge is -2.07. The molecule has 0 fully saturated rings. The Bertz CT molecular complexity index is 330. The number of nitrogens with zero attached hydrogens (tertiary/aromatic N) is 2. The Morgan fingerprint density at radius 2 is 2.00 bits per heavy atom. The molecule has 0 saturated carbocycles. The van der Waals surface area contributed by atoms with Crippen LogP contribution < -0.4 is 4.74 Å². The summed E-state index contributed by atoms with van der Waals surface area (Å²) in [6.07, 6.45) is 9.26. The summed E-state index contributed by atoms with van der Waals surface area (Å²) in [4.78, 5) is 8.02. The van der Waals surface area contributed by atoms with Crippen molar-refractivity contribution in [2.45, 2.75) is 12.8 Å². The highest BCUT2D eigenvalue weighted by Crippen LogP contribution is 2.14. The maximum absolute atomic E-state index is 5.48. The van der Waals surface area contributed by atoms with Gasteiger partial charge in [0, 0.05) is 18.6 Å². The highest BCUT2D eigenvalue weighted by Gasteiger charge is 2.00. The topological polar surface area (TPSA) is 34.5 Å². The van der Waals surface area contributed by atoms with E-state index < -0.39 is 0 Å². The van der Waals surface area contributed by atoms with Crippen molar-refractivity contribution in [1.29, 1.82) is 0 Å². The monoisotopic (exact) mass is 174 g/mol. The second kappa shape index (κ2) is 3.85. The Labute approximate surface area is 76.8 Å². The third-order valence-corrected chi connectivity index (χ3v) is 1.71. The molecule has 0 aliphatic carbocycles. The van der Waals surface area contributed by atoms with Crippen LogP contribution in [-0.2, 0) is 0 Å². The van der Waals surface area contributed by atoms with Crippen LogP contribution >= 0.6 is 0 Å². The molecule has 3 nitrogen and oxygen atoms in total. The number of rotatable bonds is 2. The molecule has 1 aromatic heterocycles. The zero-order chi connectivity index (χ0) is 8.93. The maximum Gasteiger partial charge on any atom is 0.214 e. The summed E-state index contributed by atoms with van der Waals surface area (Å²) < 4.78 is 5.48. The number of hydrogen-bond donors (Lipinski definition) is 0. The second-order valence-corrected chi connectivity index (χ2v) is 2.72. The van der Waals surface area contributed by atoms with Crippen LogP contribution in [-0.4, -0.2) is 11.2 Å². The van der Waals surface area contributed by atoms with Crippen LogP contribution in [0.1, 0.15) is 12.8 Å². The van der Waals surface area contributed by atoms with Crippen LogP contribution in [0.3, 0.4) is 0 Å². The van der Waals surface area contributed by atoms with E-state index in [9.17, 15) is 0 Å². The van der Waals surface area contributed by atoms with E-state index in [1.807, 2.05) is 24.4 Å². The minimum Gasteiger partial charge on any atom is -0.439 e. The molecule has 2 rings (SSSR count). The molecule has 1 aliphatic rings. The van der Waals surface area contributed by atoms with Crippen molar-refractivity contribution >= 4 is 6.21 Å². The van der Waals surface area contributed by atoms with Crippen LogP contribution in [0.5, 0.6) is 5.75 Å². The van der Waals surface area contributed by atoms with Gasteiger partial charge in [-0.1, -0.05) is 0 Å². The molecule has 13 heavy (non-hydrogen) atoms. The molecule has 0 aromatic carbocycles. The third kappa shape index (κ3) is 2.15. The Balaban J connectivity index is 2.06. The van der Waals surface area contributed by atoms with Crippen molar-refractivity contribution < 1.29 is 4.74 Å². The smallest absolute Gasteiger partial charge is 0.214 e. The molecule has 0 bridgehead atoms. The Kier molecular flexibility index (Phi) is 2.36. The lowest BCUT2D eigenvalue weighted by molar-refractivity contribution is 0.416. The summed E-state index contributed by atoms with van der Waals surface area (Å²) in [6, 6.07) is 3.62.